The number of aromatic nitrogens is 3. The summed E-state index contributed by atoms with van der Waals surface area (Å²) in [6, 6.07) is 15.1. The quantitative estimate of drug-likeness (QED) is 0.737. The fourth-order valence-corrected chi connectivity index (χ4v) is 2.75. The highest BCUT2D eigenvalue weighted by atomic mass is 35.5. The molecule has 0 radical (unpaired) electrons. The standard InChI is InChI=1S/C18H18ClN5O/c1-20-18(25)14-9-8-13(10-15(14)19)21-11-16-22-23-17(24(16)2)12-6-4-3-5-7-12/h3-10,21H,11H2,1-2H3,(H,20,25). The summed E-state index contributed by atoms with van der Waals surface area (Å²) in [5.41, 5.74) is 2.27. The van der Waals surface area contributed by atoms with Crippen molar-refractivity contribution in [3.63, 3.8) is 0 Å². The number of hydrogen-bond donors (Lipinski definition) is 2. The zero-order valence-electron chi connectivity index (χ0n) is 14.0. The van der Waals surface area contributed by atoms with Gasteiger partial charge in [0.25, 0.3) is 5.91 Å². The first-order valence-electron chi connectivity index (χ1n) is 7.79. The minimum Gasteiger partial charge on any atom is -0.378 e. The van der Waals surface area contributed by atoms with Crippen molar-refractivity contribution >= 4 is 23.2 Å². The highest BCUT2D eigenvalue weighted by Gasteiger charge is 2.12. The van der Waals surface area contributed by atoms with Crippen LogP contribution in [0.5, 0.6) is 0 Å². The molecule has 0 aliphatic heterocycles. The third-order valence-corrected chi connectivity index (χ3v) is 4.20. The second-order valence-corrected chi connectivity index (χ2v) is 5.90. The van der Waals surface area contributed by atoms with E-state index in [9.17, 15) is 4.79 Å². The molecule has 1 aromatic heterocycles. The van der Waals surface area contributed by atoms with E-state index >= 15 is 0 Å². The van der Waals surface area contributed by atoms with Crippen molar-refractivity contribution in [2.24, 2.45) is 7.05 Å². The lowest BCUT2D eigenvalue weighted by Gasteiger charge is -2.09. The molecule has 2 aromatic carbocycles. The van der Waals surface area contributed by atoms with E-state index in [2.05, 4.69) is 20.8 Å². The Morgan fingerprint density at radius 2 is 1.92 bits per heavy atom. The van der Waals surface area contributed by atoms with Gasteiger partial charge < -0.3 is 15.2 Å². The van der Waals surface area contributed by atoms with E-state index in [0.717, 1.165) is 22.9 Å². The molecule has 0 aliphatic carbocycles. The lowest BCUT2D eigenvalue weighted by atomic mass is 10.2. The number of hydrogen-bond acceptors (Lipinski definition) is 4. The van der Waals surface area contributed by atoms with Crippen LogP contribution in [0.2, 0.25) is 5.02 Å². The SMILES string of the molecule is CNC(=O)c1ccc(NCc2nnc(-c3ccccc3)n2C)cc1Cl. The van der Waals surface area contributed by atoms with Crippen LogP contribution in [0, 0.1) is 0 Å². The Balaban J connectivity index is 1.73. The summed E-state index contributed by atoms with van der Waals surface area (Å²) >= 11 is 6.17. The van der Waals surface area contributed by atoms with Crippen molar-refractivity contribution in [1.82, 2.24) is 20.1 Å². The molecule has 0 unspecified atom stereocenters. The molecular formula is C18H18ClN5O. The third-order valence-electron chi connectivity index (χ3n) is 3.89. The Morgan fingerprint density at radius 3 is 2.60 bits per heavy atom. The number of carbonyl (C=O) groups is 1. The molecule has 25 heavy (non-hydrogen) atoms. The van der Waals surface area contributed by atoms with Crippen LogP contribution in [0.25, 0.3) is 11.4 Å². The largest absolute Gasteiger partial charge is 0.378 e. The van der Waals surface area contributed by atoms with Crippen molar-refractivity contribution < 1.29 is 4.79 Å². The van der Waals surface area contributed by atoms with Gasteiger partial charge in [-0.25, -0.2) is 0 Å². The number of carbonyl (C=O) groups excluding carboxylic acids is 1. The Bertz CT molecular complexity index is 892. The van der Waals surface area contributed by atoms with Gasteiger partial charge in [0.05, 0.1) is 17.1 Å². The molecule has 3 aromatic rings. The third kappa shape index (κ3) is 3.64. The van der Waals surface area contributed by atoms with E-state index in [-0.39, 0.29) is 5.91 Å². The van der Waals surface area contributed by atoms with Crippen molar-refractivity contribution in [1.29, 1.82) is 0 Å². The molecule has 1 heterocycles. The number of amides is 1. The number of anilines is 1. The maximum Gasteiger partial charge on any atom is 0.252 e. The molecule has 2 N–H and O–H groups in total. The van der Waals surface area contributed by atoms with Gasteiger partial charge in [0.2, 0.25) is 0 Å². The topological polar surface area (TPSA) is 71.8 Å². The summed E-state index contributed by atoms with van der Waals surface area (Å²) in [5.74, 6) is 1.40. The molecule has 0 saturated heterocycles. The van der Waals surface area contributed by atoms with Crippen molar-refractivity contribution in [2.45, 2.75) is 6.54 Å². The molecule has 0 saturated carbocycles. The first-order chi connectivity index (χ1) is 12.1. The van der Waals surface area contributed by atoms with Crippen LogP contribution >= 0.6 is 11.6 Å². The molecule has 1 amide bonds. The molecule has 6 nitrogen and oxygen atoms in total. The van der Waals surface area contributed by atoms with Gasteiger partial charge in [0.15, 0.2) is 11.6 Å². The average Bonchev–Trinajstić information content (AvgIpc) is 3.01. The van der Waals surface area contributed by atoms with Crippen LogP contribution in [0.1, 0.15) is 16.2 Å². The molecular weight excluding hydrogens is 338 g/mol. The van der Waals surface area contributed by atoms with E-state index in [1.807, 2.05) is 48.0 Å². The second kappa shape index (κ2) is 7.36. The van der Waals surface area contributed by atoms with Crippen molar-refractivity contribution in [3.05, 3.63) is 64.9 Å². The highest BCUT2D eigenvalue weighted by Crippen LogP contribution is 2.22. The van der Waals surface area contributed by atoms with Gasteiger partial charge in [-0.05, 0) is 18.2 Å². The number of benzene rings is 2. The molecule has 3 rings (SSSR count). The summed E-state index contributed by atoms with van der Waals surface area (Å²) in [4.78, 5) is 11.7. The molecule has 0 fully saturated rings. The first-order valence-corrected chi connectivity index (χ1v) is 8.17. The van der Waals surface area contributed by atoms with Crippen LogP contribution in [0.15, 0.2) is 48.5 Å². The van der Waals surface area contributed by atoms with E-state index in [0.29, 0.717) is 17.1 Å². The summed E-state index contributed by atoms with van der Waals surface area (Å²) in [6.45, 7) is 0.492. The van der Waals surface area contributed by atoms with Crippen molar-refractivity contribution in [3.8, 4) is 11.4 Å². The molecule has 128 valence electrons. The van der Waals surface area contributed by atoms with E-state index in [1.54, 1.807) is 19.2 Å². The molecule has 7 heteroatoms. The molecule has 0 aliphatic rings. The molecule has 0 spiro atoms. The monoisotopic (exact) mass is 355 g/mol. The Hall–Kier alpha value is -2.86. The lowest BCUT2D eigenvalue weighted by molar-refractivity contribution is 0.0963. The van der Waals surface area contributed by atoms with Gasteiger partial charge >= 0.3 is 0 Å². The zero-order chi connectivity index (χ0) is 17.8. The van der Waals surface area contributed by atoms with Crippen LogP contribution in [-0.4, -0.2) is 27.7 Å². The Kier molecular flexibility index (Phi) is 5.00. The van der Waals surface area contributed by atoms with Crippen LogP contribution in [0.4, 0.5) is 5.69 Å². The Morgan fingerprint density at radius 1 is 1.16 bits per heavy atom. The van der Waals surface area contributed by atoms with E-state index in [1.165, 1.54) is 0 Å². The average molecular weight is 356 g/mol. The fourth-order valence-electron chi connectivity index (χ4n) is 2.48. The summed E-state index contributed by atoms with van der Waals surface area (Å²) in [7, 11) is 3.50. The van der Waals surface area contributed by atoms with Crippen LogP contribution in [-0.2, 0) is 13.6 Å². The van der Waals surface area contributed by atoms with Gasteiger partial charge in [-0.1, -0.05) is 41.9 Å². The van der Waals surface area contributed by atoms with Crippen LogP contribution in [0.3, 0.4) is 0 Å². The van der Waals surface area contributed by atoms with Gasteiger partial charge in [-0.15, -0.1) is 10.2 Å². The Labute approximate surface area is 150 Å². The predicted octanol–water partition coefficient (Wildman–Crippen LogP) is 3.11. The second-order valence-electron chi connectivity index (χ2n) is 5.49. The van der Waals surface area contributed by atoms with Gasteiger partial charge in [0, 0.05) is 25.3 Å². The van der Waals surface area contributed by atoms with Crippen LogP contribution < -0.4 is 10.6 Å². The van der Waals surface area contributed by atoms with Gasteiger partial charge in [0.1, 0.15) is 0 Å². The number of rotatable bonds is 5. The number of halogens is 1. The highest BCUT2D eigenvalue weighted by molar-refractivity contribution is 6.34. The lowest BCUT2D eigenvalue weighted by Crippen LogP contribution is -2.18. The molecule has 0 atom stereocenters. The van der Waals surface area contributed by atoms with Gasteiger partial charge in [-0.2, -0.15) is 0 Å². The predicted molar refractivity (Wildman–Crippen MR) is 98.6 cm³/mol. The maximum absolute atomic E-state index is 11.7. The van der Waals surface area contributed by atoms with E-state index in [4.69, 9.17) is 11.6 Å². The number of nitrogens with one attached hydrogen (secondary N) is 2. The minimum absolute atomic E-state index is 0.211. The zero-order valence-corrected chi connectivity index (χ0v) is 14.7. The fraction of sp³-hybridized carbons (Fsp3) is 0.167. The molecule has 0 bridgehead atoms. The van der Waals surface area contributed by atoms with Crippen molar-refractivity contribution in [2.75, 3.05) is 12.4 Å². The summed E-state index contributed by atoms with van der Waals surface area (Å²) < 4.78 is 1.95. The van der Waals surface area contributed by atoms with Gasteiger partial charge in [-0.3, -0.25) is 4.79 Å². The normalized spacial score (nSPS) is 10.5. The smallest absolute Gasteiger partial charge is 0.252 e. The first kappa shape index (κ1) is 17.0. The number of nitrogens with zero attached hydrogens (tertiary/aromatic N) is 3. The summed E-state index contributed by atoms with van der Waals surface area (Å²) in [6.07, 6.45) is 0. The minimum atomic E-state index is -0.211. The van der Waals surface area contributed by atoms with E-state index < -0.39 is 0 Å². The maximum atomic E-state index is 11.7. The summed E-state index contributed by atoms with van der Waals surface area (Å²) in [5, 5.41) is 14.7.